The molecule has 5 heterocycles. The number of hydrogen-bond acceptors (Lipinski definition) is 9. The third-order valence-electron chi connectivity index (χ3n) is 13.3. The van der Waals surface area contributed by atoms with Gasteiger partial charge in [0, 0.05) is 68.3 Å². The summed E-state index contributed by atoms with van der Waals surface area (Å²) in [7, 11) is 3.13. The second-order valence-electron chi connectivity index (χ2n) is 19.1. The number of fused-ring (bicyclic) bond motifs is 6. The number of amides is 4. The van der Waals surface area contributed by atoms with Gasteiger partial charge in [0.15, 0.2) is 0 Å². The van der Waals surface area contributed by atoms with E-state index in [9.17, 15) is 24.0 Å². The van der Waals surface area contributed by atoms with Crippen molar-refractivity contribution in [3.8, 4) is 22.4 Å². The third kappa shape index (κ3) is 9.78. The van der Waals surface area contributed by atoms with Crippen molar-refractivity contribution >= 4 is 40.5 Å². The number of cyclic esters (lactones) is 1. The van der Waals surface area contributed by atoms with Gasteiger partial charge in [-0.3, -0.25) is 34.0 Å². The highest BCUT2D eigenvalue weighted by atomic mass is 19.1. The fraction of sp³-hybridized carbons (Fsp3) is 0.490. The molecule has 2 aromatic heterocycles. The van der Waals surface area contributed by atoms with Crippen LogP contribution in [0.4, 0.5) is 4.39 Å². The van der Waals surface area contributed by atoms with Crippen LogP contribution in [0.2, 0.25) is 0 Å². The highest BCUT2D eigenvalue weighted by molar-refractivity contribution is 5.96. The first-order valence-corrected chi connectivity index (χ1v) is 23.1. The summed E-state index contributed by atoms with van der Waals surface area (Å²) < 4.78 is 29.5. The summed E-state index contributed by atoms with van der Waals surface area (Å²) in [4.78, 5) is 76.5. The number of benzene rings is 2. The Morgan fingerprint density at radius 1 is 1.09 bits per heavy atom. The Morgan fingerprint density at radius 2 is 1.85 bits per heavy atom. The highest BCUT2D eigenvalue weighted by Gasteiger charge is 2.44. The first-order valence-electron chi connectivity index (χ1n) is 23.1. The largest absolute Gasteiger partial charge is 0.464 e. The Kier molecular flexibility index (Phi) is 14.5. The maximum absolute atomic E-state index is 15.3. The van der Waals surface area contributed by atoms with Crippen LogP contribution in [-0.4, -0.2) is 119 Å². The standard InChI is InChI=1S/C51H64FN7O7/c1-10-43(60)57-27-38(39(52)28-57)48(62)56(8)45(30(3)4)47(61)54-41-24-32-15-12-16-33(23-32)34-19-20-42-36(25-34)37(46(58(42)11-2)35-17-13-21-53-44(35)31(5)65-9)26-51(6,7)29-66-50(64)40-18-14-22-59(55-40)49(41)63/h10,12-13,15-17,19-21,23,25,30-31,38-41,45,55H,1,11,14,18,22,24,26-29H2,2-9H3,(H,54,61)/t31-,38+,39+,40-,41-,45?/m0/s1. The number of esters is 1. The number of pyridine rings is 1. The van der Waals surface area contributed by atoms with E-state index in [-0.39, 0.29) is 38.8 Å². The summed E-state index contributed by atoms with van der Waals surface area (Å²) in [6.45, 7) is 16.0. The number of aryl methyl sites for hydroxylation is 1. The summed E-state index contributed by atoms with van der Waals surface area (Å²) in [6, 6.07) is 15.3. The van der Waals surface area contributed by atoms with E-state index in [1.165, 1.54) is 21.9 Å². The van der Waals surface area contributed by atoms with E-state index in [1.807, 2.05) is 37.3 Å². The molecule has 2 N–H and O–H groups in total. The second kappa shape index (κ2) is 19.9. The van der Waals surface area contributed by atoms with Gasteiger partial charge in [-0.15, -0.1) is 0 Å². The van der Waals surface area contributed by atoms with Crippen LogP contribution in [0.3, 0.4) is 0 Å². The summed E-state index contributed by atoms with van der Waals surface area (Å²) in [5, 5.41) is 5.42. The number of hydrazine groups is 1. The maximum Gasteiger partial charge on any atom is 0.324 e. The summed E-state index contributed by atoms with van der Waals surface area (Å²) in [5.74, 6) is -4.23. The van der Waals surface area contributed by atoms with Crippen LogP contribution in [0.15, 0.2) is 73.4 Å². The number of likely N-dealkylation sites (tertiary alicyclic amines) is 1. The lowest BCUT2D eigenvalue weighted by Crippen LogP contribution is -2.62. The lowest BCUT2D eigenvalue weighted by Gasteiger charge is -2.37. The van der Waals surface area contributed by atoms with Crippen molar-refractivity contribution in [2.45, 2.75) is 104 Å². The molecule has 2 fully saturated rings. The quantitative estimate of drug-likeness (QED) is 0.140. The minimum absolute atomic E-state index is 0.0848. The van der Waals surface area contributed by atoms with Crippen molar-refractivity contribution in [3.63, 3.8) is 0 Å². The van der Waals surface area contributed by atoms with Crippen molar-refractivity contribution in [2.24, 2.45) is 17.3 Å². The Labute approximate surface area is 386 Å². The fourth-order valence-corrected chi connectivity index (χ4v) is 9.87. The molecule has 4 aromatic rings. The van der Waals surface area contributed by atoms with Gasteiger partial charge in [-0.05, 0) is 91.6 Å². The number of likely N-dealkylation sites (N-methyl/N-ethyl adjacent to an activating group) is 1. The van der Waals surface area contributed by atoms with Crippen molar-refractivity contribution in [3.05, 3.63) is 90.3 Å². The van der Waals surface area contributed by atoms with Gasteiger partial charge in [-0.25, -0.2) is 9.82 Å². The molecule has 352 valence electrons. The number of rotatable bonds is 10. The number of carbonyl (C=O) groups excluding carboxylic acids is 5. The number of nitrogens with one attached hydrogen (secondary N) is 2. The van der Waals surface area contributed by atoms with E-state index in [4.69, 9.17) is 14.5 Å². The van der Waals surface area contributed by atoms with Crippen molar-refractivity contribution in [2.75, 3.05) is 40.4 Å². The SMILES string of the molecule is C=CC(=O)N1C[C@@H](F)[C@H](C(=O)N(C)C(C(=O)N[C@H]2Cc3cccc(c3)-c3ccc4c(c3)c(c(-c3cccnc3[C@H](C)OC)n4CC)CC(C)(C)COC(=O)[C@@H]3CCCN(N3)C2=O)C(C)C)C1. The van der Waals surface area contributed by atoms with Gasteiger partial charge in [0.25, 0.3) is 5.91 Å². The molecule has 0 spiro atoms. The van der Waals surface area contributed by atoms with E-state index in [0.717, 1.165) is 56.2 Å². The van der Waals surface area contributed by atoms with Crippen LogP contribution in [0.25, 0.3) is 33.3 Å². The average molecular weight is 906 g/mol. The summed E-state index contributed by atoms with van der Waals surface area (Å²) in [6.07, 6.45) is 2.58. The highest BCUT2D eigenvalue weighted by Crippen LogP contribution is 2.42. The number of methoxy groups -OCH3 is 1. The molecule has 66 heavy (non-hydrogen) atoms. The normalized spacial score (nSPS) is 22.1. The van der Waals surface area contributed by atoms with Crippen LogP contribution in [-0.2, 0) is 52.8 Å². The molecule has 7 rings (SSSR count). The first kappa shape index (κ1) is 48.0. The van der Waals surface area contributed by atoms with E-state index < -0.39 is 71.1 Å². The van der Waals surface area contributed by atoms with Gasteiger partial charge in [0.1, 0.15) is 24.3 Å². The maximum atomic E-state index is 15.3. The number of nitrogens with zero attached hydrogens (tertiary/aromatic N) is 5. The second-order valence-corrected chi connectivity index (χ2v) is 19.1. The summed E-state index contributed by atoms with van der Waals surface area (Å²) >= 11 is 0. The average Bonchev–Trinajstić information content (AvgIpc) is 3.85. The minimum Gasteiger partial charge on any atom is -0.464 e. The smallest absolute Gasteiger partial charge is 0.324 e. The van der Waals surface area contributed by atoms with Crippen molar-refractivity contribution in [1.82, 2.24) is 35.1 Å². The molecule has 2 saturated heterocycles. The Morgan fingerprint density at radius 3 is 2.56 bits per heavy atom. The van der Waals surface area contributed by atoms with E-state index in [1.54, 1.807) is 27.2 Å². The molecular weight excluding hydrogens is 842 g/mol. The number of alkyl halides is 1. The minimum atomic E-state index is -1.62. The zero-order valence-corrected chi connectivity index (χ0v) is 39.4. The van der Waals surface area contributed by atoms with Gasteiger partial charge in [-0.2, -0.15) is 0 Å². The molecule has 0 saturated carbocycles. The van der Waals surface area contributed by atoms with E-state index in [0.29, 0.717) is 25.8 Å². The van der Waals surface area contributed by atoms with E-state index in [2.05, 4.69) is 66.9 Å². The lowest BCUT2D eigenvalue weighted by molar-refractivity contribution is -0.155. The number of aromatic nitrogens is 2. The molecule has 3 aliphatic heterocycles. The number of ether oxygens (including phenoxy) is 2. The predicted molar refractivity (Wildman–Crippen MR) is 250 cm³/mol. The first-order chi connectivity index (χ1) is 31.5. The molecule has 1 unspecified atom stereocenters. The van der Waals surface area contributed by atoms with Gasteiger partial charge in [0.2, 0.25) is 17.7 Å². The van der Waals surface area contributed by atoms with E-state index >= 15 is 4.39 Å². The molecular formula is C51H64FN7O7. The Bertz CT molecular complexity index is 2500. The fourth-order valence-electron chi connectivity index (χ4n) is 9.87. The van der Waals surface area contributed by atoms with Crippen LogP contribution in [0.5, 0.6) is 0 Å². The number of hydrogen-bond donors (Lipinski definition) is 2. The molecule has 14 nitrogen and oxygen atoms in total. The zero-order valence-electron chi connectivity index (χ0n) is 39.4. The topological polar surface area (TPSA) is 155 Å². The molecule has 0 radical (unpaired) electrons. The third-order valence-corrected chi connectivity index (χ3v) is 13.3. The van der Waals surface area contributed by atoms with Gasteiger partial charge < -0.3 is 29.2 Å². The summed E-state index contributed by atoms with van der Waals surface area (Å²) in [5.41, 5.74) is 10.2. The molecule has 3 aliphatic rings. The zero-order chi connectivity index (χ0) is 47.6. The molecule has 15 heteroatoms. The lowest BCUT2D eigenvalue weighted by atomic mass is 9.84. The molecule has 6 atom stereocenters. The number of halogens is 1. The molecule has 4 amide bonds. The van der Waals surface area contributed by atoms with Crippen molar-refractivity contribution < 1.29 is 37.8 Å². The molecule has 6 bridgehead atoms. The van der Waals surface area contributed by atoms with Crippen molar-refractivity contribution in [1.29, 1.82) is 0 Å². The van der Waals surface area contributed by atoms with Crippen LogP contribution < -0.4 is 10.7 Å². The molecule has 0 aliphatic carbocycles. The Balaban J connectivity index is 1.29. The van der Waals surface area contributed by atoms with Crippen LogP contribution >= 0.6 is 0 Å². The molecule has 2 aromatic carbocycles. The van der Waals surface area contributed by atoms with Gasteiger partial charge in [0.05, 0.1) is 36.6 Å². The monoisotopic (exact) mass is 905 g/mol. The Hall–Kier alpha value is -5.93. The predicted octanol–water partition coefficient (Wildman–Crippen LogP) is 6.21. The number of carbonyl (C=O) groups is 5. The van der Waals surface area contributed by atoms with Crippen LogP contribution in [0.1, 0.15) is 77.3 Å². The van der Waals surface area contributed by atoms with Crippen LogP contribution in [0, 0.1) is 17.3 Å². The van der Waals surface area contributed by atoms with Gasteiger partial charge in [-0.1, -0.05) is 64.6 Å². The van der Waals surface area contributed by atoms with Gasteiger partial charge >= 0.3 is 5.97 Å².